The Morgan fingerprint density at radius 1 is 1.39 bits per heavy atom. The number of alkyl carbamates (subject to hydrolysis) is 1. The number of carbonyl (C=O) groups excluding carboxylic acids is 1. The number of hydrogen-bond acceptors (Lipinski definition) is 7. The summed E-state index contributed by atoms with van der Waals surface area (Å²) in [6.07, 6.45) is -0.0364. The van der Waals surface area contributed by atoms with E-state index in [1.54, 1.807) is 25.7 Å². The number of rotatable bonds is 5. The second-order valence-electron chi connectivity index (χ2n) is 7.79. The minimum Gasteiger partial charge on any atom is -0.497 e. The van der Waals surface area contributed by atoms with Crippen molar-refractivity contribution in [3.63, 3.8) is 0 Å². The minimum absolute atomic E-state index is 0.102. The molecule has 0 bridgehead atoms. The number of nitro groups is 1. The molecule has 0 unspecified atom stereocenters. The van der Waals surface area contributed by atoms with Crippen LogP contribution in [0.3, 0.4) is 0 Å². The summed E-state index contributed by atoms with van der Waals surface area (Å²) in [5.74, 6) is -0.811. The van der Waals surface area contributed by atoms with E-state index in [9.17, 15) is 24.4 Å². The molecular formula is C18H26FN3O6. The van der Waals surface area contributed by atoms with Crippen molar-refractivity contribution in [1.82, 2.24) is 5.32 Å². The largest absolute Gasteiger partial charge is 0.497 e. The lowest BCUT2D eigenvalue weighted by Gasteiger charge is -2.42. The van der Waals surface area contributed by atoms with E-state index >= 15 is 0 Å². The Morgan fingerprint density at radius 3 is 2.46 bits per heavy atom. The van der Waals surface area contributed by atoms with Crippen LogP contribution in [0, 0.1) is 15.9 Å². The predicted octanol–water partition coefficient (Wildman–Crippen LogP) is 2.60. The Kier molecular flexibility index (Phi) is 6.33. The number of piperidine rings is 1. The highest BCUT2D eigenvalue weighted by Gasteiger charge is 2.38. The SMILES string of the molecule is COc1cc(F)c([N+](=O)[O-])c(N2CCC(CO)(NC(=O)OC(C)(C)C)CC2)c1. The summed E-state index contributed by atoms with van der Waals surface area (Å²) in [5.41, 5.74) is -2.12. The fraction of sp³-hybridized carbons (Fsp3) is 0.611. The van der Waals surface area contributed by atoms with Gasteiger partial charge in [0.25, 0.3) is 0 Å². The summed E-state index contributed by atoms with van der Waals surface area (Å²) < 4.78 is 24.5. The number of ether oxygens (including phenoxy) is 2. The Morgan fingerprint density at radius 2 is 2.00 bits per heavy atom. The zero-order valence-corrected chi connectivity index (χ0v) is 16.5. The molecule has 10 heteroatoms. The van der Waals surface area contributed by atoms with Gasteiger partial charge in [0.05, 0.1) is 24.2 Å². The Labute approximate surface area is 162 Å². The normalized spacial score (nSPS) is 16.4. The van der Waals surface area contributed by atoms with Gasteiger partial charge in [-0.15, -0.1) is 0 Å². The smallest absolute Gasteiger partial charge is 0.408 e. The van der Waals surface area contributed by atoms with Gasteiger partial charge in [0.15, 0.2) is 0 Å². The van der Waals surface area contributed by atoms with Crippen LogP contribution in [0.4, 0.5) is 20.6 Å². The summed E-state index contributed by atoms with van der Waals surface area (Å²) in [5, 5.41) is 23.9. The van der Waals surface area contributed by atoms with Crippen LogP contribution in [-0.2, 0) is 4.74 Å². The van der Waals surface area contributed by atoms with Crippen LogP contribution < -0.4 is 15.0 Å². The maximum absolute atomic E-state index is 14.2. The van der Waals surface area contributed by atoms with Gasteiger partial charge in [-0.2, -0.15) is 4.39 Å². The van der Waals surface area contributed by atoms with Gasteiger partial charge in [-0.3, -0.25) is 10.1 Å². The summed E-state index contributed by atoms with van der Waals surface area (Å²) in [6, 6.07) is 2.38. The molecule has 0 aliphatic carbocycles. The number of aliphatic hydroxyl groups is 1. The van der Waals surface area contributed by atoms with Crippen molar-refractivity contribution in [2.24, 2.45) is 0 Å². The first kappa shape index (κ1) is 21.7. The second kappa shape index (κ2) is 8.17. The summed E-state index contributed by atoms with van der Waals surface area (Å²) >= 11 is 0. The quantitative estimate of drug-likeness (QED) is 0.578. The number of hydrogen-bond donors (Lipinski definition) is 2. The standard InChI is InChI=1S/C18H26FN3O6/c1-17(2,3)28-16(24)20-18(11-23)5-7-21(8-6-18)14-10-12(27-4)9-13(19)15(14)22(25)26/h9-10,23H,5-8,11H2,1-4H3,(H,20,24). The van der Waals surface area contributed by atoms with Gasteiger partial charge in [-0.05, 0) is 33.6 Å². The van der Waals surface area contributed by atoms with Crippen LogP contribution in [-0.4, -0.2) is 54.1 Å². The monoisotopic (exact) mass is 399 g/mol. The highest BCUT2D eigenvalue weighted by Crippen LogP contribution is 2.37. The lowest BCUT2D eigenvalue weighted by Crippen LogP contribution is -2.58. The van der Waals surface area contributed by atoms with Crippen LogP contribution in [0.1, 0.15) is 33.6 Å². The first-order valence-electron chi connectivity index (χ1n) is 8.89. The molecule has 9 nitrogen and oxygen atoms in total. The predicted molar refractivity (Wildman–Crippen MR) is 100 cm³/mol. The average Bonchev–Trinajstić information content (AvgIpc) is 2.59. The summed E-state index contributed by atoms with van der Waals surface area (Å²) in [4.78, 5) is 24.3. The van der Waals surface area contributed by atoms with Crippen molar-refractivity contribution in [1.29, 1.82) is 0 Å². The number of halogens is 1. The van der Waals surface area contributed by atoms with Gasteiger partial charge in [-0.25, -0.2) is 4.79 Å². The highest BCUT2D eigenvalue weighted by molar-refractivity contribution is 5.69. The van der Waals surface area contributed by atoms with Gasteiger partial charge < -0.3 is 24.8 Å². The van der Waals surface area contributed by atoms with Crippen molar-refractivity contribution in [3.05, 3.63) is 28.1 Å². The van der Waals surface area contributed by atoms with Crippen LogP contribution >= 0.6 is 0 Å². The number of methoxy groups -OCH3 is 1. The Balaban J connectivity index is 2.19. The van der Waals surface area contributed by atoms with E-state index in [1.165, 1.54) is 13.2 Å². The molecule has 0 aromatic heterocycles. The van der Waals surface area contributed by atoms with Crippen molar-refractivity contribution >= 4 is 17.5 Å². The molecule has 156 valence electrons. The van der Waals surface area contributed by atoms with E-state index in [1.807, 2.05) is 0 Å². The topological polar surface area (TPSA) is 114 Å². The maximum atomic E-state index is 14.2. The third kappa shape index (κ3) is 5.00. The van der Waals surface area contributed by atoms with Gasteiger partial charge >= 0.3 is 11.8 Å². The van der Waals surface area contributed by atoms with E-state index in [0.29, 0.717) is 12.8 Å². The van der Waals surface area contributed by atoms with Crippen LogP contribution in [0.5, 0.6) is 5.75 Å². The number of amides is 1. The third-order valence-corrected chi connectivity index (χ3v) is 4.57. The van der Waals surface area contributed by atoms with E-state index in [0.717, 1.165) is 6.07 Å². The Hall–Kier alpha value is -2.62. The lowest BCUT2D eigenvalue weighted by atomic mass is 9.88. The van der Waals surface area contributed by atoms with Gasteiger partial charge in [0, 0.05) is 25.2 Å². The summed E-state index contributed by atoms with van der Waals surface area (Å²) in [6.45, 7) is 5.42. The van der Waals surface area contributed by atoms with Crippen molar-refractivity contribution < 1.29 is 28.7 Å². The lowest BCUT2D eigenvalue weighted by molar-refractivity contribution is -0.386. The fourth-order valence-corrected chi connectivity index (χ4v) is 3.12. The second-order valence-corrected chi connectivity index (χ2v) is 7.79. The van der Waals surface area contributed by atoms with Gasteiger partial charge in [-0.1, -0.05) is 0 Å². The molecule has 1 amide bonds. The number of nitrogens with zero attached hydrogens (tertiary/aromatic N) is 2. The van der Waals surface area contributed by atoms with Gasteiger partial charge in [0.2, 0.25) is 5.82 Å². The average molecular weight is 399 g/mol. The molecule has 0 saturated carbocycles. The minimum atomic E-state index is -0.981. The van der Waals surface area contributed by atoms with Crippen LogP contribution in [0.15, 0.2) is 12.1 Å². The molecule has 1 heterocycles. The fourth-order valence-electron chi connectivity index (χ4n) is 3.12. The number of nitrogens with one attached hydrogen (secondary N) is 1. The number of aliphatic hydroxyl groups excluding tert-OH is 1. The number of nitro benzene ring substituents is 1. The zero-order chi connectivity index (χ0) is 21.1. The maximum Gasteiger partial charge on any atom is 0.408 e. The van der Waals surface area contributed by atoms with Crippen molar-refractivity contribution in [2.45, 2.75) is 44.8 Å². The molecule has 0 spiro atoms. The molecule has 1 aliphatic rings. The van der Waals surface area contributed by atoms with Gasteiger partial charge in [0.1, 0.15) is 17.0 Å². The molecule has 1 aromatic carbocycles. The summed E-state index contributed by atoms with van der Waals surface area (Å²) in [7, 11) is 1.35. The third-order valence-electron chi connectivity index (χ3n) is 4.57. The molecule has 2 N–H and O–H groups in total. The first-order chi connectivity index (χ1) is 13.0. The van der Waals surface area contributed by atoms with Crippen molar-refractivity contribution in [3.8, 4) is 5.75 Å². The van der Waals surface area contributed by atoms with E-state index in [4.69, 9.17) is 9.47 Å². The molecule has 1 aromatic rings. The molecule has 0 atom stereocenters. The van der Waals surface area contributed by atoms with E-state index in [2.05, 4.69) is 5.32 Å². The van der Waals surface area contributed by atoms with E-state index < -0.39 is 33.7 Å². The Bertz CT molecular complexity index is 742. The molecule has 2 rings (SSSR count). The van der Waals surface area contributed by atoms with Crippen molar-refractivity contribution in [2.75, 3.05) is 31.7 Å². The molecule has 0 radical (unpaired) electrons. The first-order valence-corrected chi connectivity index (χ1v) is 8.89. The molecule has 28 heavy (non-hydrogen) atoms. The highest BCUT2D eigenvalue weighted by atomic mass is 19.1. The van der Waals surface area contributed by atoms with Crippen LogP contribution in [0.2, 0.25) is 0 Å². The number of carbonyl (C=O) groups is 1. The zero-order valence-electron chi connectivity index (χ0n) is 16.5. The molecule has 1 aliphatic heterocycles. The molecular weight excluding hydrogens is 373 g/mol. The van der Waals surface area contributed by atoms with Crippen LogP contribution in [0.25, 0.3) is 0 Å². The molecule has 1 saturated heterocycles. The number of anilines is 1. The van der Waals surface area contributed by atoms with E-state index in [-0.39, 0.29) is 31.1 Å². The molecule has 1 fully saturated rings. The number of benzene rings is 1.